The van der Waals surface area contributed by atoms with Crippen molar-refractivity contribution in [2.45, 2.75) is 17.7 Å². The zero-order valence-electron chi connectivity index (χ0n) is 23.7. The molecule has 2 fully saturated rings. The number of rotatable bonds is 11. The summed E-state index contributed by atoms with van der Waals surface area (Å²) in [5, 5.41) is 2.88. The van der Waals surface area contributed by atoms with Crippen molar-refractivity contribution in [1.82, 2.24) is 9.62 Å². The van der Waals surface area contributed by atoms with Gasteiger partial charge in [-0.05, 0) is 42.3 Å². The lowest BCUT2D eigenvalue weighted by molar-refractivity contribution is -0.116. The van der Waals surface area contributed by atoms with E-state index in [9.17, 15) is 17.6 Å². The third-order valence-electron chi connectivity index (χ3n) is 7.65. The molecule has 0 aromatic heterocycles. The number of aryl methyl sites for hydroxylation is 1. The van der Waals surface area contributed by atoms with Crippen molar-refractivity contribution >= 4 is 33.0 Å². The van der Waals surface area contributed by atoms with Crippen LogP contribution in [0, 0.1) is 5.82 Å². The molecule has 9 nitrogen and oxygen atoms in total. The van der Waals surface area contributed by atoms with Gasteiger partial charge >= 0.3 is 0 Å². The number of para-hydroxylation sites is 1. The van der Waals surface area contributed by atoms with E-state index in [1.165, 1.54) is 12.1 Å². The molecular weight excluding hydrogens is 557 g/mol. The molecule has 3 aromatic rings. The van der Waals surface area contributed by atoms with Gasteiger partial charge in [0, 0.05) is 64.5 Å². The number of carbonyl (C=O) groups excluding carboxylic acids is 1. The Balaban J connectivity index is 1.30. The number of carbonyl (C=O) groups is 1. The third-order valence-corrected chi connectivity index (χ3v) is 9.14. The second kappa shape index (κ2) is 14.1. The summed E-state index contributed by atoms with van der Waals surface area (Å²) in [6, 6.07) is 21.5. The molecule has 224 valence electrons. The van der Waals surface area contributed by atoms with Crippen LogP contribution in [0.4, 0.5) is 21.5 Å². The first kappa shape index (κ1) is 30.0. The molecule has 5 rings (SSSR count). The highest BCUT2D eigenvalue weighted by Gasteiger charge is 2.26. The highest BCUT2D eigenvalue weighted by atomic mass is 32.2. The molecule has 2 heterocycles. The van der Waals surface area contributed by atoms with E-state index in [2.05, 4.69) is 14.9 Å². The zero-order valence-corrected chi connectivity index (χ0v) is 24.5. The molecule has 11 heteroatoms. The van der Waals surface area contributed by atoms with Crippen LogP contribution in [-0.4, -0.2) is 84.8 Å². The fraction of sp³-hybridized carbons (Fsp3) is 0.387. The number of morpholine rings is 1. The van der Waals surface area contributed by atoms with E-state index in [1.54, 1.807) is 24.3 Å². The maximum absolute atomic E-state index is 14.4. The molecule has 0 radical (unpaired) electrons. The Morgan fingerprint density at radius 2 is 1.50 bits per heavy atom. The molecule has 0 unspecified atom stereocenters. The number of sulfonamides is 1. The summed E-state index contributed by atoms with van der Waals surface area (Å²) in [4.78, 5) is 19.0. The molecule has 0 atom stereocenters. The standard InChI is InChI=1S/C31H38FN5O4S/c32-27-8-4-5-9-28(27)36-16-18-37(19-17-36)29-12-11-26(34-31(38)13-10-25-6-2-1-3-7-25)24-30(29)42(39,40)33-14-15-35-20-22-41-23-21-35/h1-9,11-12,24,33H,10,13-23H2,(H,34,38). The molecule has 0 spiro atoms. The topological polar surface area (TPSA) is 94.2 Å². The predicted molar refractivity (Wildman–Crippen MR) is 163 cm³/mol. The average Bonchev–Trinajstić information content (AvgIpc) is 3.01. The van der Waals surface area contributed by atoms with Crippen LogP contribution in [0.25, 0.3) is 0 Å². The zero-order chi connectivity index (χ0) is 29.4. The molecule has 2 aliphatic heterocycles. The van der Waals surface area contributed by atoms with E-state index in [0.717, 1.165) is 18.7 Å². The fourth-order valence-corrected chi connectivity index (χ4v) is 6.60. The molecule has 2 saturated heterocycles. The van der Waals surface area contributed by atoms with Gasteiger partial charge in [-0.3, -0.25) is 9.69 Å². The maximum atomic E-state index is 14.4. The quantitative estimate of drug-likeness (QED) is 0.351. The van der Waals surface area contributed by atoms with Gasteiger partial charge in [-0.25, -0.2) is 17.5 Å². The average molecular weight is 596 g/mol. The van der Waals surface area contributed by atoms with Crippen LogP contribution >= 0.6 is 0 Å². The van der Waals surface area contributed by atoms with E-state index < -0.39 is 10.0 Å². The highest BCUT2D eigenvalue weighted by molar-refractivity contribution is 7.89. The first-order chi connectivity index (χ1) is 20.4. The molecule has 1 amide bonds. The Bertz CT molecular complexity index is 1440. The van der Waals surface area contributed by atoms with Gasteiger partial charge in [0.15, 0.2) is 0 Å². The van der Waals surface area contributed by atoms with E-state index in [0.29, 0.717) is 69.4 Å². The van der Waals surface area contributed by atoms with Crippen LogP contribution in [0.5, 0.6) is 0 Å². The lowest BCUT2D eigenvalue weighted by atomic mass is 10.1. The van der Waals surface area contributed by atoms with Gasteiger partial charge in [-0.2, -0.15) is 0 Å². The lowest BCUT2D eigenvalue weighted by Gasteiger charge is -2.38. The number of hydrogen-bond acceptors (Lipinski definition) is 7. The maximum Gasteiger partial charge on any atom is 0.242 e. The Morgan fingerprint density at radius 1 is 0.833 bits per heavy atom. The first-order valence-corrected chi connectivity index (χ1v) is 15.9. The molecule has 2 N–H and O–H groups in total. The molecule has 2 aliphatic rings. The highest BCUT2D eigenvalue weighted by Crippen LogP contribution is 2.31. The summed E-state index contributed by atoms with van der Waals surface area (Å²) in [7, 11) is -3.90. The summed E-state index contributed by atoms with van der Waals surface area (Å²) >= 11 is 0. The number of piperazine rings is 1. The molecule has 0 bridgehead atoms. The number of amides is 1. The minimum absolute atomic E-state index is 0.115. The van der Waals surface area contributed by atoms with Crippen LogP contribution in [0.2, 0.25) is 0 Å². The van der Waals surface area contributed by atoms with Crippen molar-refractivity contribution in [3.8, 4) is 0 Å². The van der Waals surface area contributed by atoms with Gasteiger partial charge in [-0.1, -0.05) is 42.5 Å². The molecule has 42 heavy (non-hydrogen) atoms. The number of anilines is 3. The summed E-state index contributed by atoms with van der Waals surface area (Å²) in [6.45, 7) is 5.79. The Labute approximate surface area is 247 Å². The second-order valence-electron chi connectivity index (χ2n) is 10.5. The first-order valence-electron chi connectivity index (χ1n) is 14.4. The van der Waals surface area contributed by atoms with Crippen LogP contribution in [0.3, 0.4) is 0 Å². The number of benzene rings is 3. The Morgan fingerprint density at radius 3 is 2.21 bits per heavy atom. The van der Waals surface area contributed by atoms with Gasteiger partial charge < -0.3 is 19.9 Å². The lowest BCUT2D eigenvalue weighted by Crippen LogP contribution is -2.47. The van der Waals surface area contributed by atoms with E-state index in [4.69, 9.17) is 4.74 Å². The third kappa shape index (κ3) is 7.86. The van der Waals surface area contributed by atoms with Crippen LogP contribution < -0.4 is 19.8 Å². The molecular formula is C31H38FN5O4S. The summed E-state index contributed by atoms with van der Waals surface area (Å²) < 4.78 is 49.9. The number of ether oxygens (including phenoxy) is 1. The summed E-state index contributed by atoms with van der Waals surface area (Å²) in [6.07, 6.45) is 0.870. The monoisotopic (exact) mass is 595 g/mol. The minimum Gasteiger partial charge on any atom is -0.379 e. The van der Waals surface area contributed by atoms with Crippen molar-refractivity contribution in [3.05, 3.63) is 84.2 Å². The van der Waals surface area contributed by atoms with Crippen molar-refractivity contribution in [3.63, 3.8) is 0 Å². The van der Waals surface area contributed by atoms with Gasteiger partial charge in [0.25, 0.3) is 0 Å². The van der Waals surface area contributed by atoms with Crippen LogP contribution in [0.15, 0.2) is 77.7 Å². The van der Waals surface area contributed by atoms with Crippen molar-refractivity contribution in [2.75, 3.05) is 80.7 Å². The number of nitrogens with zero attached hydrogens (tertiary/aromatic N) is 3. The van der Waals surface area contributed by atoms with E-state index >= 15 is 0 Å². The van der Waals surface area contributed by atoms with Crippen molar-refractivity contribution < 1.29 is 22.3 Å². The van der Waals surface area contributed by atoms with Crippen molar-refractivity contribution in [1.29, 1.82) is 0 Å². The normalized spacial score (nSPS) is 16.4. The van der Waals surface area contributed by atoms with Crippen LogP contribution in [0.1, 0.15) is 12.0 Å². The van der Waals surface area contributed by atoms with Crippen LogP contribution in [-0.2, 0) is 26.0 Å². The van der Waals surface area contributed by atoms with Gasteiger partial charge in [0.2, 0.25) is 15.9 Å². The largest absolute Gasteiger partial charge is 0.379 e. The fourth-order valence-electron chi connectivity index (χ4n) is 5.33. The SMILES string of the molecule is O=C(CCc1ccccc1)Nc1ccc(N2CCN(c3ccccc3F)CC2)c(S(=O)(=O)NCCN2CCOCC2)c1. The molecule has 0 saturated carbocycles. The summed E-state index contributed by atoms with van der Waals surface area (Å²) in [5.41, 5.74) is 2.59. The Hall–Kier alpha value is -3.51. The van der Waals surface area contributed by atoms with Gasteiger partial charge in [0.1, 0.15) is 10.7 Å². The number of hydrogen-bond donors (Lipinski definition) is 2. The van der Waals surface area contributed by atoms with E-state index in [-0.39, 0.29) is 29.6 Å². The predicted octanol–water partition coefficient (Wildman–Crippen LogP) is 3.33. The number of halogens is 1. The van der Waals surface area contributed by atoms with Crippen molar-refractivity contribution in [2.24, 2.45) is 0 Å². The minimum atomic E-state index is -3.90. The van der Waals surface area contributed by atoms with Gasteiger partial charge in [0.05, 0.1) is 24.6 Å². The molecule has 3 aromatic carbocycles. The number of nitrogens with one attached hydrogen (secondary N) is 2. The Kier molecular flexibility index (Phi) is 10.1. The summed E-state index contributed by atoms with van der Waals surface area (Å²) in [5.74, 6) is -0.459. The second-order valence-corrected chi connectivity index (χ2v) is 12.2. The van der Waals surface area contributed by atoms with E-state index in [1.807, 2.05) is 46.2 Å². The molecule has 0 aliphatic carbocycles. The smallest absolute Gasteiger partial charge is 0.242 e. The van der Waals surface area contributed by atoms with Gasteiger partial charge in [-0.15, -0.1) is 0 Å².